The van der Waals surface area contributed by atoms with Gasteiger partial charge in [0.05, 0.1) is 0 Å². The first-order valence-electron chi connectivity index (χ1n) is 8.18. The van der Waals surface area contributed by atoms with Crippen LogP contribution in [0.2, 0.25) is 0 Å². The fourth-order valence-corrected chi connectivity index (χ4v) is 2.86. The summed E-state index contributed by atoms with van der Waals surface area (Å²) in [6, 6.07) is 6.43. The fraction of sp³-hybridized carbons (Fsp3) is 0.611. The lowest BCUT2D eigenvalue weighted by molar-refractivity contribution is -0.140. The molecule has 1 aromatic carbocycles. The Balaban J connectivity index is 2.12. The van der Waals surface area contributed by atoms with Crippen LogP contribution in [-0.4, -0.2) is 42.6 Å². The Morgan fingerprint density at radius 2 is 2.09 bits per heavy atom. The molecule has 22 heavy (non-hydrogen) atoms. The summed E-state index contributed by atoms with van der Waals surface area (Å²) in [5, 5.41) is 3.30. The SMILES string of the molecule is Cc1ccc(C(C)C)c(OC(C)C(=O)N2CCNCC2C)c1. The molecular formula is C18H28N2O2. The number of carbonyl (C=O) groups is 1. The minimum Gasteiger partial charge on any atom is -0.481 e. The van der Waals surface area contributed by atoms with Crippen molar-refractivity contribution in [3.63, 3.8) is 0 Å². The molecule has 1 saturated heterocycles. The third-order valence-electron chi connectivity index (χ3n) is 4.23. The highest BCUT2D eigenvalue weighted by atomic mass is 16.5. The van der Waals surface area contributed by atoms with Crippen LogP contribution >= 0.6 is 0 Å². The van der Waals surface area contributed by atoms with Gasteiger partial charge < -0.3 is 15.0 Å². The second-order valence-electron chi connectivity index (χ2n) is 6.54. The maximum Gasteiger partial charge on any atom is 0.263 e. The first kappa shape index (κ1) is 16.8. The number of rotatable bonds is 4. The molecule has 0 aromatic heterocycles. The van der Waals surface area contributed by atoms with Gasteiger partial charge in [0.2, 0.25) is 0 Å². The van der Waals surface area contributed by atoms with Crippen LogP contribution in [0.3, 0.4) is 0 Å². The van der Waals surface area contributed by atoms with E-state index < -0.39 is 6.10 Å². The molecule has 1 aliphatic rings. The number of hydrogen-bond acceptors (Lipinski definition) is 3. The lowest BCUT2D eigenvalue weighted by Crippen LogP contribution is -2.55. The van der Waals surface area contributed by atoms with Gasteiger partial charge in [0.15, 0.2) is 6.10 Å². The predicted molar refractivity (Wildman–Crippen MR) is 89.4 cm³/mol. The van der Waals surface area contributed by atoms with Crippen LogP contribution in [0, 0.1) is 6.92 Å². The average molecular weight is 304 g/mol. The van der Waals surface area contributed by atoms with Crippen LogP contribution in [-0.2, 0) is 4.79 Å². The lowest BCUT2D eigenvalue weighted by Gasteiger charge is -2.35. The topological polar surface area (TPSA) is 41.6 Å². The number of nitrogens with zero attached hydrogens (tertiary/aromatic N) is 1. The van der Waals surface area contributed by atoms with Crippen molar-refractivity contribution in [1.82, 2.24) is 10.2 Å². The lowest BCUT2D eigenvalue weighted by atomic mass is 10.0. The molecule has 0 radical (unpaired) electrons. The van der Waals surface area contributed by atoms with Crippen LogP contribution < -0.4 is 10.1 Å². The summed E-state index contributed by atoms with van der Waals surface area (Å²) in [5.41, 5.74) is 2.30. The van der Waals surface area contributed by atoms with Crippen molar-refractivity contribution in [2.45, 2.75) is 52.7 Å². The third-order valence-corrected chi connectivity index (χ3v) is 4.23. The van der Waals surface area contributed by atoms with E-state index in [9.17, 15) is 4.79 Å². The Labute approximate surface area is 133 Å². The Bertz CT molecular complexity index is 528. The molecule has 1 heterocycles. The molecule has 1 aliphatic heterocycles. The number of benzene rings is 1. The van der Waals surface area contributed by atoms with Gasteiger partial charge >= 0.3 is 0 Å². The number of carbonyl (C=O) groups excluding carboxylic acids is 1. The maximum absolute atomic E-state index is 12.7. The highest BCUT2D eigenvalue weighted by Crippen LogP contribution is 2.28. The summed E-state index contributed by atoms with van der Waals surface area (Å²) in [6.45, 7) is 12.7. The smallest absolute Gasteiger partial charge is 0.263 e. The van der Waals surface area contributed by atoms with Crippen LogP contribution in [0.1, 0.15) is 44.7 Å². The Kier molecular flexibility index (Phi) is 5.46. The second kappa shape index (κ2) is 7.14. The first-order chi connectivity index (χ1) is 10.4. The second-order valence-corrected chi connectivity index (χ2v) is 6.54. The van der Waals surface area contributed by atoms with Gasteiger partial charge in [-0.1, -0.05) is 26.0 Å². The molecule has 4 heteroatoms. The number of piperazine rings is 1. The van der Waals surface area contributed by atoms with Crippen molar-refractivity contribution < 1.29 is 9.53 Å². The number of hydrogen-bond donors (Lipinski definition) is 1. The van der Waals surface area contributed by atoms with Crippen LogP contribution in [0.4, 0.5) is 0 Å². The summed E-state index contributed by atoms with van der Waals surface area (Å²) in [6.07, 6.45) is -0.458. The van der Waals surface area contributed by atoms with E-state index in [0.29, 0.717) is 5.92 Å². The van der Waals surface area contributed by atoms with E-state index in [2.05, 4.69) is 38.2 Å². The summed E-state index contributed by atoms with van der Waals surface area (Å²) in [5.74, 6) is 1.28. The molecule has 2 unspecified atom stereocenters. The van der Waals surface area contributed by atoms with Crippen LogP contribution in [0.25, 0.3) is 0 Å². The molecule has 0 saturated carbocycles. The molecular weight excluding hydrogens is 276 g/mol. The minimum absolute atomic E-state index is 0.0743. The van der Waals surface area contributed by atoms with Gasteiger partial charge in [-0.25, -0.2) is 0 Å². The van der Waals surface area contributed by atoms with E-state index >= 15 is 0 Å². The van der Waals surface area contributed by atoms with Crippen molar-refractivity contribution in [1.29, 1.82) is 0 Å². The summed E-state index contributed by atoms with van der Waals surface area (Å²) >= 11 is 0. The van der Waals surface area contributed by atoms with Gasteiger partial charge in [0.1, 0.15) is 5.75 Å². The molecule has 4 nitrogen and oxygen atoms in total. The van der Waals surface area contributed by atoms with Gasteiger partial charge in [0.25, 0.3) is 5.91 Å². The number of ether oxygens (including phenoxy) is 1. The van der Waals surface area contributed by atoms with Gasteiger partial charge in [-0.2, -0.15) is 0 Å². The molecule has 0 aliphatic carbocycles. The number of nitrogens with one attached hydrogen (secondary N) is 1. The molecule has 1 fully saturated rings. The predicted octanol–water partition coefficient (Wildman–Crippen LogP) is 2.71. The molecule has 122 valence electrons. The van der Waals surface area contributed by atoms with Crippen molar-refractivity contribution >= 4 is 5.91 Å². The largest absolute Gasteiger partial charge is 0.481 e. The van der Waals surface area contributed by atoms with Crippen LogP contribution in [0.15, 0.2) is 18.2 Å². The third kappa shape index (κ3) is 3.80. The van der Waals surface area contributed by atoms with Gasteiger partial charge in [-0.05, 0) is 43.9 Å². The number of aryl methyl sites for hydroxylation is 1. The van der Waals surface area contributed by atoms with Gasteiger partial charge in [-0.3, -0.25) is 4.79 Å². The van der Waals surface area contributed by atoms with Gasteiger partial charge in [0, 0.05) is 25.7 Å². The van der Waals surface area contributed by atoms with E-state index in [0.717, 1.165) is 36.5 Å². The quantitative estimate of drug-likeness (QED) is 0.930. The molecule has 2 atom stereocenters. The zero-order chi connectivity index (χ0) is 16.3. The average Bonchev–Trinajstić information content (AvgIpc) is 2.46. The zero-order valence-corrected chi connectivity index (χ0v) is 14.3. The van der Waals surface area contributed by atoms with Crippen molar-refractivity contribution in [3.05, 3.63) is 29.3 Å². The van der Waals surface area contributed by atoms with Crippen molar-refractivity contribution in [2.75, 3.05) is 19.6 Å². The Morgan fingerprint density at radius 1 is 1.36 bits per heavy atom. The molecule has 2 rings (SSSR count). The van der Waals surface area contributed by atoms with E-state index in [-0.39, 0.29) is 11.9 Å². The van der Waals surface area contributed by atoms with Crippen molar-refractivity contribution in [2.24, 2.45) is 0 Å². The molecule has 0 bridgehead atoms. The molecule has 1 aromatic rings. The normalized spacial score (nSPS) is 20.1. The Hall–Kier alpha value is -1.55. The summed E-state index contributed by atoms with van der Waals surface area (Å²) < 4.78 is 6.04. The summed E-state index contributed by atoms with van der Waals surface area (Å²) in [4.78, 5) is 14.6. The van der Waals surface area contributed by atoms with Crippen molar-refractivity contribution in [3.8, 4) is 5.75 Å². The minimum atomic E-state index is -0.458. The van der Waals surface area contributed by atoms with Crippen LogP contribution in [0.5, 0.6) is 5.75 Å². The first-order valence-corrected chi connectivity index (χ1v) is 8.18. The Morgan fingerprint density at radius 3 is 2.73 bits per heavy atom. The van der Waals surface area contributed by atoms with E-state index in [4.69, 9.17) is 4.74 Å². The fourth-order valence-electron chi connectivity index (χ4n) is 2.86. The zero-order valence-electron chi connectivity index (χ0n) is 14.3. The van der Waals surface area contributed by atoms with Gasteiger partial charge in [-0.15, -0.1) is 0 Å². The molecule has 1 N–H and O–H groups in total. The number of amides is 1. The highest BCUT2D eigenvalue weighted by molar-refractivity contribution is 5.81. The highest BCUT2D eigenvalue weighted by Gasteiger charge is 2.28. The maximum atomic E-state index is 12.7. The van der Waals surface area contributed by atoms with E-state index in [1.165, 1.54) is 0 Å². The molecule has 0 spiro atoms. The van der Waals surface area contributed by atoms with E-state index in [1.54, 1.807) is 0 Å². The van der Waals surface area contributed by atoms with E-state index in [1.807, 2.05) is 24.8 Å². The monoisotopic (exact) mass is 304 g/mol. The summed E-state index contributed by atoms with van der Waals surface area (Å²) in [7, 11) is 0. The standard InChI is InChI=1S/C18H28N2O2/c1-12(2)16-7-6-13(3)10-17(16)22-15(5)18(21)20-9-8-19-11-14(20)4/h6-7,10,12,14-15,19H,8-9,11H2,1-5H3. The molecule has 1 amide bonds.